The molecule has 0 radical (unpaired) electrons. The molecule has 1 heterocycles. The summed E-state index contributed by atoms with van der Waals surface area (Å²) in [7, 11) is 0. The van der Waals surface area contributed by atoms with Gasteiger partial charge in [-0.15, -0.1) is 0 Å². The van der Waals surface area contributed by atoms with Crippen molar-refractivity contribution in [1.82, 2.24) is 15.5 Å². The monoisotopic (exact) mass is 406 g/mol. The number of amides is 2. The lowest BCUT2D eigenvalue weighted by molar-refractivity contribution is -0.116. The molecule has 0 bridgehead atoms. The van der Waals surface area contributed by atoms with Crippen LogP contribution < -0.4 is 10.6 Å². The van der Waals surface area contributed by atoms with E-state index >= 15 is 0 Å². The summed E-state index contributed by atoms with van der Waals surface area (Å²) in [6.07, 6.45) is 0.526. The van der Waals surface area contributed by atoms with E-state index in [1.807, 2.05) is 19.1 Å². The first-order valence-corrected chi connectivity index (χ1v) is 10.1. The molecule has 0 aliphatic rings. The van der Waals surface area contributed by atoms with Crippen LogP contribution in [0.15, 0.2) is 53.1 Å². The lowest BCUT2D eigenvalue weighted by Crippen LogP contribution is -2.22. The van der Waals surface area contributed by atoms with Crippen LogP contribution in [0.2, 0.25) is 0 Å². The molecule has 1 aromatic heterocycles. The van der Waals surface area contributed by atoms with Crippen LogP contribution >= 0.6 is 0 Å². The molecule has 0 aliphatic heterocycles. The second-order valence-corrected chi connectivity index (χ2v) is 7.28. The van der Waals surface area contributed by atoms with E-state index < -0.39 is 0 Å². The molecule has 0 unspecified atom stereocenters. The van der Waals surface area contributed by atoms with Gasteiger partial charge in [-0.25, -0.2) is 0 Å². The fraction of sp³-hybridized carbons (Fsp3) is 0.304. The fourth-order valence-electron chi connectivity index (χ4n) is 2.94. The minimum absolute atomic E-state index is 0.173. The van der Waals surface area contributed by atoms with Crippen molar-refractivity contribution >= 4 is 17.5 Å². The third kappa shape index (κ3) is 5.53. The molecule has 0 aliphatic carbocycles. The number of aromatic nitrogens is 2. The minimum atomic E-state index is -0.191. The van der Waals surface area contributed by atoms with E-state index in [1.165, 1.54) is 5.56 Å². The zero-order valence-corrected chi connectivity index (χ0v) is 17.4. The zero-order valence-electron chi connectivity index (χ0n) is 17.4. The van der Waals surface area contributed by atoms with E-state index in [2.05, 4.69) is 46.8 Å². The van der Waals surface area contributed by atoms with Crippen molar-refractivity contribution in [2.75, 3.05) is 11.9 Å². The summed E-state index contributed by atoms with van der Waals surface area (Å²) < 4.78 is 5.28. The van der Waals surface area contributed by atoms with Gasteiger partial charge in [0.1, 0.15) is 0 Å². The number of nitrogens with zero attached hydrogens (tertiary/aromatic N) is 2. The molecule has 2 N–H and O–H groups in total. The van der Waals surface area contributed by atoms with Gasteiger partial charge in [0.25, 0.3) is 5.91 Å². The molecular formula is C23H26N4O3. The molecule has 3 aromatic rings. The van der Waals surface area contributed by atoms with Crippen molar-refractivity contribution in [3.63, 3.8) is 0 Å². The number of benzene rings is 2. The van der Waals surface area contributed by atoms with Crippen molar-refractivity contribution in [2.45, 2.75) is 39.5 Å². The van der Waals surface area contributed by atoms with Crippen molar-refractivity contribution in [1.29, 1.82) is 0 Å². The molecule has 7 nitrogen and oxygen atoms in total. The molecular weight excluding hydrogens is 380 g/mol. The third-order valence-corrected chi connectivity index (χ3v) is 4.62. The standard InChI is InChI=1S/C23H26N4O3/c1-4-24-23(29)18-6-5-7-19(14-18)25-20(28)12-13-21-26-22(27-30-21)17-10-8-16(9-11-17)15(2)3/h5-11,14-15H,4,12-13H2,1-3H3,(H,24,29)(H,25,28). The number of rotatable bonds is 8. The predicted octanol–water partition coefficient (Wildman–Crippen LogP) is 4.18. The Labute approximate surface area is 175 Å². The summed E-state index contributed by atoms with van der Waals surface area (Å²) >= 11 is 0. The summed E-state index contributed by atoms with van der Waals surface area (Å²) in [6.45, 7) is 6.68. The second-order valence-electron chi connectivity index (χ2n) is 7.28. The summed E-state index contributed by atoms with van der Waals surface area (Å²) in [5.74, 6) is 1.01. The average Bonchev–Trinajstić information content (AvgIpc) is 3.22. The second kappa shape index (κ2) is 9.82. The predicted molar refractivity (Wildman–Crippen MR) is 115 cm³/mol. The molecule has 0 spiro atoms. The van der Waals surface area contributed by atoms with E-state index in [-0.39, 0.29) is 18.2 Å². The van der Waals surface area contributed by atoms with Crippen LogP contribution in [0.5, 0.6) is 0 Å². The SMILES string of the molecule is CCNC(=O)c1cccc(NC(=O)CCc2nc(-c3ccc(C(C)C)cc3)no2)c1. The Balaban J connectivity index is 1.55. The van der Waals surface area contributed by atoms with Gasteiger partial charge in [0.05, 0.1) is 0 Å². The van der Waals surface area contributed by atoms with Crippen LogP contribution in [0, 0.1) is 0 Å². The number of hydrogen-bond donors (Lipinski definition) is 2. The maximum atomic E-state index is 12.3. The first kappa shape index (κ1) is 21.2. The molecule has 2 aromatic carbocycles. The van der Waals surface area contributed by atoms with Gasteiger partial charge in [0.2, 0.25) is 17.6 Å². The largest absolute Gasteiger partial charge is 0.352 e. The van der Waals surface area contributed by atoms with E-state index in [4.69, 9.17) is 4.52 Å². The fourth-order valence-corrected chi connectivity index (χ4v) is 2.94. The first-order chi connectivity index (χ1) is 14.5. The number of hydrogen-bond acceptors (Lipinski definition) is 5. The first-order valence-electron chi connectivity index (χ1n) is 10.1. The zero-order chi connectivity index (χ0) is 21.5. The molecule has 156 valence electrons. The molecule has 0 saturated heterocycles. The summed E-state index contributed by atoms with van der Waals surface area (Å²) in [4.78, 5) is 28.6. The van der Waals surface area contributed by atoms with Crippen LogP contribution in [-0.4, -0.2) is 28.5 Å². The van der Waals surface area contributed by atoms with Crippen LogP contribution in [0.3, 0.4) is 0 Å². The normalized spacial score (nSPS) is 10.8. The summed E-state index contributed by atoms with van der Waals surface area (Å²) in [6, 6.07) is 14.9. The van der Waals surface area contributed by atoms with E-state index in [9.17, 15) is 9.59 Å². The van der Waals surface area contributed by atoms with E-state index in [0.717, 1.165) is 5.56 Å². The number of anilines is 1. The van der Waals surface area contributed by atoms with Gasteiger partial charge in [-0.3, -0.25) is 9.59 Å². The van der Waals surface area contributed by atoms with Crippen LogP contribution in [0.25, 0.3) is 11.4 Å². The molecule has 30 heavy (non-hydrogen) atoms. The minimum Gasteiger partial charge on any atom is -0.352 e. The molecule has 0 atom stereocenters. The molecule has 0 fully saturated rings. The highest BCUT2D eigenvalue weighted by atomic mass is 16.5. The highest BCUT2D eigenvalue weighted by molar-refractivity contribution is 5.97. The molecule has 2 amide bonds. The topological polar surface area (TPSA) is 97.1 Å². The Hall–Kier alpha value is -3.48. The third-order valence-electron chi connectivity index (χ3n) is 4.62. The maximum Gasteiger partial charge on any atom is 0.251 e. The van der Waals surface area contributed by atoms with Crippen LogP contribution in [-0.2, 0) is 11.2 Å². The Morgan fingerprint density at radius 3 is 2.57 bits per heavy atom. The van der Waals surface area contributed by atoms with Gasteiger partial charge in [0, 0.05) is 36.2 Å². The van der Waals surface area contributed by atoms with Gasteiger partial charge in [0.15, 0.2) is 0 Å². The molecule has 3 rings (SSSR count). The number of aryl methyl sites for hydroxylation is 1. The Bertz CT molecular complexity index is 1010. The highest BCUT2D eigenvalue weighted by Crippen LogP contribution is 2.21. The summed E-state index contributed by atoms with van der Waals surface area (Å²) in [5, 5.41) is 9.54. The number of nitrogens with one attached hydrogen (secondary N) is 2. The summed E-state index contributed by atoms with van der Waals surface area (Å²) in [5.41, 5.74) is 3.19. The molecule has 0 saturated carbocycles. The number of carbonyl (C=O) groups is 2. The Kier molecular flexibility index (Phi) is 6.95. The lowest BCUT2D eigenvalue weighted by Gasteiger charge is -2.07. The maximum absolute atomic E-state index is 12.3. The van der Waals surface area contributed by atoms with Crippen LogP contribution in [0.4, 0.5) is 5.69 Å². The lowest BCUT2D eigenvalue weighted by atomic mass is 10.0. The van der Waals surface area contributed by atoms with Gasteiger partial charge in [-0.1, -0.05) is 49.3 Å². The van der Waals surface area contributed by atoms with Crippen molar-refractivity contribution in [3.8, 4) is 11.4 Å². The van der Waals surface area contributed by atoms with Gasteiger partial charge in [-0.05, 0) is 36.6 Å². The van der Waals surface area contributed by atoms with Gasteiger partial charge < -0.3 is 15.2 Å². The Morgan fingerprint density at radius 1 is 1.10 bits per heavy atom. The van der Waals surface area contributed by atoms with E-state index in [1.54, 1.807) is 24.3 Å². The van der Waals surface area contributed by atoms with Gasteiger partial charge >= 0.3 is 0 Å². The quantitative estimate of drug-likeness (QED) is 0.585. The average molecular weight is 406 g/mol. The van der Waals surface area contributed by atoms with Gasteiger partial charge in [-0.2, -0.15) is 4.98 Å². The Morgan fingerprint density at radius 2 is 1.87 bits per heavy atom. The van der Waals surface area contributed by atoms with Crippen molar-refractivity contribution < 1.29 is 14.1 Å². The van der Waals surface area contributed by atoms with Crippen LogP contribution in [0.1, 0.15) is 54.9 Å². The molecule has 7 heteroatoms. The number of carbonyl (C=O) groups excluding carboxylic acids is 2. The van der Waals surface area contributed by atoms with Crippen molar-refractivity contribution in [3.05, 3.63) is 65.5 Å². The highest BCUT2D eigenvalue weighted by Gasteiger charge is 2.12. The van der Waals surface area contributed by atoms with E-state index in [0.29, 0.717) is 41.8 Å². The van der Waals surface area contributed by atoms with Crippen molar-refractivity contribution in [2.24, 2.45) is 0 Å². The smallest absolute Gasteiger partial charge is 0.251 e.